The summed E-state index contributed by atoms with van der Waals surface area (Å²) in [5.41, 5.74) is -0.811. The lowest BCUT2D eigenvalue weighted by Gasteiger charge is -2.20. The van der Waals surface area contributed by atoms with Gasteiger partial charge in [-0.25, -0.2) is 4.79 Å². The van der Waals surface area contributed by atoms with E-state index in [0.717, 1.165) is 12.8 Å². The SMILES string of the molecule is CCCCOCCNC(=O)N1CCC(C)(C(=O)O)C1. The predicted octanol–water partition coefficient (Wildman–Crippen LogP) is 1.31. The molecule has 0 aromatic carbocycles. The Bertz CT molecular complexity index is 322. The van der Waals surface area contributed by atoms with Crippen molar-refractivity contribution in [1.82, 2.24) is 10.2 Å². The zero-order chi connectivity index (χ0) is 14.3. The molecule has 1 unspecified atom stereocenters. The van der Waals surface area contributed by atoms with E-state index in [1.807, 2.05) is 0 Å². The first-order chi connectivity index (χ1) is 8.99. The molecule has 110 valence electrons. The van der Waals surface area contributed by atoms with E-state index in [0.29, 0.717) is 32.7 Å². The number of carboxylic acid groups (broad SMARTS) is 1. The number of carboxylic acids is 1. The van der Waals surface area contributed by atoms with Crippen LogP contribution in [0.4, 0.5) is 4.79 Å². The van der Waals surface area contributed by atoms with Crippen LogP contribution >= 0.6 is 0 Å². The summed E-state index contributed by atoms with van der Waals surface area (Å²) in [5.74, 6) is -0.842. The maximum absolute atomic E-state index is 11.8. The Balaban J connectivity index is 2.19. The van der Waals surface area contributed by atoms with Crippen molar-refractivity contribution in [2.45, 2.75) is 33.1 Å². The lowest BCUT2D eigenvalue weighted by atomic mass is 9.90. The minimum absolute atomic E-state index is 0.205. The van der Waals surface area contributed by atoms with Crippen molar-refractivity contribution < 1.29 is 19.4 Å². The number of rotatable bonds is 7. The molecule has 0 saturated carbocycles. The van der Waals surface area contributed by atoms with Gasteiger partial charge in [-0.3, -0.25) is 4.79 Å². The number of ether oxygens (including phenoxy) is 1. The summed E-state index contributed by atoms with van der Waals surface area (Å²) >= 11 is 0. The second kappa shape index (κ2) is 7.33. The van der Waals surface area contributed by atoms with E-state index in [9.17, 15) is 9.59 Å². The van der Waals surface area contributed by atoms with Gasteiger partial charge in [0.15, 0.2) is 0 Å². The number of likely N-dealkylation sites (tertiary alicyclic amines) is 1. The molecule has 1 aliphatic rings. The maximum atomic E-state index is 11.8. The molecule has 0 spiro atoms. The molecule has 0 radical (unpaired) electrons. The number of carbonyl (C=O) groups excluding carboxylic acids is 1. The summed E-state index contributed by atoms with van der Waals surface area (Å²) in [6.07, 6.45) is 2.62. The summed E-state index contributed by atoms with van der Waals surface area (Å²) in [5, 5.41) is 11.8. The maximum Gasteiger partial charge on any atom is 0.317 e. The van der Waals surface area contributed by atoms with Crippen LogP contribution in [0.5, 0.6) is 0 Å². The van der Waals surface area contributed by atoms with Gasteiger partial charge in [0, 0.05) is 26.2 Å². The molecule has 1 fully saturated rings. The number of hydrogen-bond donors (Lipinski definition) is 2. The first kappa shape index (κ1) is 15.8. The van der Waals surface area contributed by atoms with Crippen molar-refractivity contribution >= 4 is 12.0 Å². The molecule has 0 aromatic heterocycles. The quantitative estimate of drug-likeness (QED) is 0.685. The number of nitrogens with zero attached hydrogens (tertiary/aromatic N) is 1. The van der Waals surface area contributed by atoms with Crippen LogP contribution in [0.1, 0.15) is 33.1 Å². The second-order valence-electron chi connectivity index (χ2n) is 5.24. The van der Waals surface area contributed by atoms with Gasteiger partial charge >= 0.3 is 12.0 Å². The van der Waals surface area contributed by atoms with Crippen LogP contribution in [0.15, 0.2) is 0 Å². The molecule has 19 heavy (non-hydrogen) atoms. The average molecular weight is 272 g/mol. The Hall–Kier alpha value is -1.30. The summed E-state index contributed by atoms with van der Waals surface area (Å²) in [6, 6.07) is -0.205. The smallest absolute Gasteiger partial charge is 0.317 e. The Kier molecular flexibility index (Phi) is 6.08. The number of urea groups is 1. The lowest BCUT2D eigenvalue weighted by molar-refractivity contribution is -0.147. The molecule has 6 heteroatoms. The second-order valence-corrected chi connectivity index (χ2v) is 5.24. The van der Waals surface area contributed by atoms with Gasteiger partial charge in [0.2, 0.25) is 0 Å². The number of amides is 2. The van der Waals surface area contributed by atoms with Crippen molar-refractivity contribution in [3.63, 3.8) is 0 Å². The van der Waals surface area contributed by atoms with Crippen molar-refractivity contribution in [2.24, 2.45) is 5.41 Å². The van der Waals surface area contributed by atoms with Gasteiger partial charge < -0.3 is 20.1 Å². The van der Waals surface area contributed by atoms with Crippen LogP contribution in [0.3, 0.4) is 0 Å². The molecule has 1 aliphatic heterocycles. The minimum Gasteiger partial charge on any atom is -0.481 e. The molecule has 0 bridgehead atoms. The zero-order valence-electron chi connectivity index (χ0n) is 11.8. The molecule has 2 amide bonds. The van der Waals surface area contributed by atoms with Gasteiger partial charge in [0.05, 0.1) is 12.0 Å². The fourth-order valence-electron chi connectivity index (χ4n) is 2.00. The Morgan fingerprint density at radius 3 is 2.74 bits per heavy atom. The fourth-order valence-corrected chi connectivity index (χ4v) is 2.00. The third kappa shape index (κ3) is 4.70. The molecule has 1 atom stereocenters. The molecule has 0 aliphatic carbocycles. The third-order valence-corrected chi connectivity index (χ3v) is 3.44. The molecule has 1 rings (SSSR count). The standard InChI is InChI=1S/C13H24N2O4/c1-3-4-8-19-9-6-14-12(18)15-7-5-13(2,10-15)11(16)17/h3-10H2,1-2H3,(H,14,18)(H,16,17). The Morgan fingerprint density at radius 1 is 1.42 bits per heavy atom. The van der Waals surface area contributed by atoms with Gasteiger partial charge in [-0.15, -0.1) is 0 Å². The van der Waals surface area contributed by atoms with Gasteiger partial charge in [0.25, 0.3) is 0 Å². The van der Waals surface area contributed by atoms with Crippen LogP contribution < -0.4 is 5.32 Å². The summed E-state index contributed by atoms with van der Waals surface area (Å²) in [4.78, 5) is 24.4. The topological polar surface area (TPSA) is 78.9 Å². The van der Waals surface area contributed by atoms with E-state index in [-0.39, 0.29) is 12.6 Å². The number of carbonyl (C=O) groups is 2. The minimum atomic E-state index is -0.842. The van der Waals surface area contributed by atoms with Crippen LogP contribution in [0, 0.1) is 5.41 Å². The molecular formula is C13H24N2O4. The highest BCUT2D eigenvalue weighted by atomic mass is 16.5. The van der Waals surface area contributed by atoms with E-state index >= 15 is 0 Å². The zero-order valence-corrected chi connectivity index (χ0v) is 11.8. The average Bonchev–Trinajstić information content (AvgIpc) is 2.78. The molecular weight excluding hydrogens is 248 g/mol. The lowest BCUT2D eigenvalue weighted by Crippen LogP contribution is -2.42. The van der Waals surface area contributed by atoms with Gasteiger partial charge in [-0.1, -0.05) is 13.3 Å². The van der Waals surface area contributed by atoms with Gasteiger partial charge in [0.1, 0.15) is 0 Å². The van der Waals surface area contributed by atoms with E-state index in [4.69, 9.17) is 9.84 Å². The van der Waals surface area contributed by atoms with Crippen LogP contribution in [0.2, 0.25) is 0 Å². The normalized spacial score (nSPS) is 22.5. The third-order valence-electron chi connectivity index (χ3n) is 3.44. The number of nitrogens with one attached hydrogen (secondary N) is 1. The molecule has 1 saturated heterocycles. The molecule has 2 N–H and O–H groups in total. The summed E-state index contributed by atoms with van der Waals surface area (Å²) < 4.78 is 5.34. The van der Waals surface area contributed by atoms with Crippen molar-refractivity contribution in [3.05, 3.63) is 0 Å². The Labute approximate surface area is 114 Å². The fraction of sp³-hybridized carbons (Fsp3) is 0.846. The van der Waals surface area contributed by atoms with Gasteiger partial charge in [-0.2, -0.15) is 0 Å². The number of unbranched alkanes of at least 4 members (excludes halogenated alkanes) is 1. The molecule has 6 nitrogen and oxygen atoms in total. The first-order valence-electron chi connectivity index (χ1n) is 6.83. The monoisotopic (exact) mass is 272 g/mol. The highest BCUT2D eigenvalue weighted by molar-refractivity contribution is 5.79. The highest BCUT2D eigenvalue weighted by Crippen LogP contribution is 2.29. The first-order valence-corrected chi connectivity index (χ1v) is 6.83. The molecule has 0 aromatic rings. The van der Waals surface area contributed by atoms with Gasteiger partial charge in [-0.05, 0) is 19.8 Å². The Morgan fingerprint density at radius 2 is 2.16 bits per heavy atom. The van der Waals surface area contributed by atoms with E-state index in [1.54, 1.807) is 11.8 Å². The summed E-state index contributed by atoms with van der Waals surface area (Å²) in [6.45, 7) is 6.20. The van der Waals surface area contributed by atoms with E-state index < -0.39 is 11.4 Å². The van der Waals surface area contributed by atoms with Crippen molar-refractivity contribution in [1.29, 1.82) is 0 Å². The number of aliphatic carboxylic acids is 1. The number of hydrogen-bond acceptors (Lipinski definition) is 3. The van der Waals surface area contributed by atoms with Crippen molar-refractivity contribution in [3.8, 4) is 0 Å². The van der Waals surface area contributed by atoms with Crippen LogP contribution in [-0.4, -0.2) is 54.9 Å². The predicted molar refractivity (Wildman–Crippen MR) is 71.1 cm³/mol. The molecule has 1 heterocycles. The van der Waals surface area contributed by atoms with Crippen LogP contribution in [0.25, 0.3) is 0 Å². The van der Waals surface area contributed by atoms with E-state index in [2.05, 4.69) is 12.2 Å². The highest BCUT2D eigenvalue weighted by Gasteiger charge is 2.42. The van der Waals surface area contributed by atoms with E-state index in [1.165, 1.54) is 0 Å². The van der Waals surface area contributed by atoms with Crippen molar-refractivity contribution in [2.75, 3.05) is 32.8 Å². The largest absolute Gasteiger partial charge is 0.481 e. The van der Waals surface area contributed by atoms with Crippen LogP contribution in [-0.2, 0) is 9.53 Å². The summed E-state index contributed by atoms with van der Waals surface area (Å²) in [7, 11) is 0.